The summed E-state index contributed by atoms with van der Waals surface area (Å²) in [5.41, 5.74) is 1.59. The van der Waals surface area contributed by atoms with Gasteiger partial charge in [-0.25, -0.2) is 8.42 Å². The van der Waals surface area contributed by atoms with Crippen molar-refractivity contribution in [1.82, 2.24) is 4.90 Å². The van der Waals surface area contributed by atoms with Crippen LogP contribution < -0.4 is 10.1 Å². The molecule has 8 heteroatoms. The Balaban J connectivity index is 1.63. The predicted molar refractivity (Wildman–Crippen MR) is 102 cm³/mol. The summed E-state index contributed by atoms with van der Waals surface area (Å²) >= 11 is 0. The van der Waals surface area contributed by atoms with Crippen molar-refractivity contribution in [3.8, 4) is 5.75 Å². The van der Waals surface area contributed by atoms with Crippen molar-refractivity contribution >= 4 is 27.3 Å². The zero-order chi connectivity index (χ0) is 19.8. The second kappa shape index (κ2) is 7.50. The minimum Gasteiger partial charge on any atom is -0.495 e. The summed E-state index contributed by atoms with van der Waals surface area (Å²) in [6.07, 6.45) is 0.973. The van der Waals surface area contributed by atoms with E-state index in [1.165, 1.54) is 0 Å². The fourth-order valence-corrected chi connectivity index (χ4v) is 5.46. The Kier molecular flexibility index (Phi) is 5.46. The molecular formula is C19H26N2O5S. The van der Waals surface area contributed by atoms with E-state index < -0.39 is 9.84 Å². The number of sulfone groups is 1. The lowest BCUT2D eigenvalue weighted by molar-refractivity contribution is -0.135. The second-order valence-corrected chi connectivity index (χ2v) is 9.55. The summed E-state index contributed by atoms with van der Waals surface area (Å²) in [5, 5.41) is 2.86. The molecule has 1 aliphatic heterocycles. The second-order valence-electron chi connectivity index (χ2n) is 7.32. The Hall–Kier alpha value is -2.09. The van der Waals surface area contributed by atoms with Crippen LogP contribution in [-0.2, 0) is 19.4 Å². The van der Waals surface area contributed by atoms with Crippen molar-refractivity contribution < 1.29 is 22.7 Å². The number of nitrogens with zero attached hydrogens (tertiary/aromatic N) is 1. The topological polar surface area (TPSA) is 92.8 Å². The van der Waals surface area contributed by atoms with Gasteiger partial charge in [-0.05, 0) is 44.4 Å². The molecule has 2 fully saturated rings. The molecule has 0 aromatic heterocycles. The number of methoxy groups -OCH3 is 1. The molecule has 148 valence electrons. The fraction of sp³-hybridized carbons (Fsp3) is 0.579. The standard InChI is InChI=1S/C19H26N2O5S/c1-4-21(13-7-8-27(24,25)11-13)19(23)15-10-14(15)18(22)20-16-9-12(2)5-6-17(16)26-3/h5-6,9,13-15H,4,7-8,10-11H2,1-3H3,(H,20,22). The third-order valence-electron chi connectivity index (χ3n) is 5.33. The number of nitrogens with one attached hydrogen (secondary N) is 1. The van der Waals surface area contributed by atoms with Gasteiger partial charge in [-0.2, -0.15) is 0 Å². The summed E-state index contributed by atoms with van der Waals surface area (Å²) in [5.74, 6) is -0.342. The maximum Gasteiger partial charge on any atom is 0.228 e. The highest BCUT2D eigenvalue weighted by atomic mass is 32.2. The Morgan fingerprint density at radius 3 is 2.63 bits per heavy atom. The molecule has 3 atom stereocenters. The minimum absolute atomic E-state index is 0.0245. The van der Waals surface area contributed by atoms with E-state index >= 15 is 0 Å². The molecule has 1 aromatic carbocycles. The van der Waals surface area contributed by atoms with Crippen LogP contribution in [0.3, 0.4) is 0 Å². The first-order chi connectivity index (χ1) is 12.8. The van der Waals surface area contributed by atoms with Gasteiger partial charge in [0, 0.05) is 12.6 Å². The van der Waals surface area contributed by atoms with Crippen LogP contribution in [0, 0.1) is 18.8 Å². The summed E-state index contributed by atoms with van der Waals surface area (Å²) in [4.78, 5) is 27.0. The van der Waals surface area contributed by atoms with Gasteiger partial charge in [0.15, 0.2) is 9.84 Å². The van der Waals surface area contributed by atoms with Crippen LogP contribution in [0.25, 0.3) is 0 Å². The number of benzene rings is 1. The zero-order valence-electron chi connectivity index (χ0n) is 15.9. The van der Waals surface area contributed by atoms with Crippen LogP contribution in [0.2, 0.25) is 0 Å². The molecule has 2 aliphatic rings. The number of carbonyl (C=O) groups is 2. The Bertz CT molecular complexity index is 852. The van der Waals surface area contributed by atoms with Crippen LogP contribution in [0.5, 0.6) is 5.75 Å². The average molecular weight is 394 g/mol. The number of aryl methyl sites for hydroxylation is 1. The quantitative estimate of drug-likeness (QED) is 0.791. The molecule has 1 N–H and O–H groups in total. The van der Waals surface area contributed by atoms with Gasteiger partial charge in [0.2, 0.25) is 11.8 Å². The predicted octanol–water partition coefficient (Wildman–Crippen LogP) is 1.61. The van der Waals surface area contributed by atoms with Crippen molar-refractivity contribution in [2.24, 2.45) is 11.8 Å². The maximum absolute atomic E-state index is 12.8. The van der Waals surface area contributed by atoms with E-state index in [1.54, 1.807) is 18.1 Å². The first-order valence-electron chi connectivity index (χ1n) is 9.22. The molecule has 0 radical (unpaired) electrons. The highest BCUT2D eigenvalue weighted by molar-refractivity contribution is 7.91. The molecule has 3 rings (SSSR count). The summed E-state index contributed by atoms with van der Waals surface area (Å²) in [7, 11) is -1.52. The lowest BCUT2D eigenvalue weighted by Gasteiger charge is -2.27. The molecule has 2 amide bonds. The number of hydrogen-bond acceptors (Lipinski definition) is 5. The van der Waals surface area contributed by atoms with Crippen molar-refractivity contribution in [2.75, 3.05) is 30.5 Å². The summed E-state index contributed by atoms with van der Waals surface area (Å²) < 4.78 is 28.7. The molecule has 1 saturated carbocycles. The fourth-order valence-electron chi connectivity index (χ4n) is 3.73. The smallest absolute Gasteiger partial charge is 0.228 e. The van der Waals surface area contributed by atoms with Crippen LogP contribution in [0.1, 0.15) is 25.3 Å². The number of hydrogen-bond donors (Lipinski definition) is 1. The zero-order valence-corrected chi connectivity index (χ0v) is 16.7. The van der Waals surface area contributed by atoms with E-state index in [-0.39, 0.29) is 41.2 Å². The number of anilines is 1. The molecule has 1 saturated heterocycles. The van der Waals surface area contributed by atoms with Gasteiger partial charge in [-0.15, -0.1) is 0 Å². The van der Waals surface area contributed by atoms with E-state index in [2.05, 4.69) is 5.32 Å². The number of amides is 2. The molecule has 1 aliphatic carbocycles. The van der Waals surface area contributed by atoms with Gasteiger partial charge in [-0.1, -0.05) is 6.07 Å². The largest absolute Gasteiger partial charge is 0.495 e. The molecular weight excluding hydrogens is 368 g/mol. The average Bonchev–Trinajstić information content (AvgIpc) is 3.34. The first-order valence-corrected chi connectivity index (χ1v) is 11.0. The Morgan fingerprint density at radius 1 is 1.30 bits per heavy atom. The van der Waals surface area contributed by atoms with E-state index in [4.69, 9.17) is 4.74 Å². The molecule has 1 heterocycles. The molecule has 1 aromatic rings. The monoisotopic (exact) mass is 394 g/mol. The SMILES string of the molecule is CCN(C(=O)C1CC1C(=O)Nc1cc(C)ccc1OC)C1CCS(=O)(=O)C1. The van der Waals surface area contributed by atoms with E-state index in [1.807, 2.05) is 26.0 Å². The van der Waals surface area contributed by atoms with Gasteiger partial charge in [0.05, 0.1) is 36.1 Å². The number of carbonyl (C=O) groups excluding carboxylic acids is 2. The summed E-state index contributed by atoms with van der Waals surface area (Å²) in [6, 6.07) is 5.25. The van der Waals surface area contributed by atoms with Crippen molar-refractivity contribution in [1.29, 1.82) is 0 Å². The highest BCUT2D eigenvalue weighted by Crippen LogP contribution is 2.42. The first kappa shape index (κ1) is 19.7. The van der Waals surface area contributed by atoms with Gasteiger partial charge < -0.3 is 15.0 Å². The van der Waals surface area contributed by atoms with Crippen LogP contribution in [-0.4, -0.2) is 56.3 Å². The molecule has 7 nitrogen and oxygen atoms in total. The van der Waals surface area contributed by atoms with Crippen molar-refractivity contribution in [2.45, 2.75) is 32.7 Å². The molecule has 0 spiro atoms. The number of ether oxygens (including phenoxy) is 1. The lowest BCUT2D eigenvalue weighted by atomic mass is 10.1. The molecule has 0 bridgehead atoms. The molecule has 3 unspecified atom stereocenters. The number of rotatable bonds is 6. The van der Waals surface area contributed by atoms with Crippen molar-refractivity contribution in [3.05, 3.63) is 23.8 Å². The third kappa shape index (κ3) is 4.26. The summed E-state index contributed by atoms with van der Waals surface area (Å²) in [6.45, 7) is 4.22. The lowest BCUT2D eigenvalue weighted by Crippen LogP contribution is -2.42. The van der Waals surface area contributed by atoms with Gasteiger partial charge in [-0.3, -0.25) is 9.59 Å². The third-order valence-corrected chi connectivity index (χ3v) is 7.08. The normalized spacial score (nSPS) is 25.7. The van der Waals surface area contributed by atoms with E-state index in [0.717, 1.165) is 5.56 Å². The van der Waals surface area contributed by atoms with Gasteiger partial charge in [0.25, 0.3) is 0 Å². The molecule has 27 heavy (non-hydrogen) atoms. The highest BCUT2D eigenvalue weighted by Gasteiger charge is 2.51. The minimum atomic E-state index is -3.06. The maximum atomic E-state index is 12.8. The van der Waals surface area contributed by atoms with Crippen LogP contribution in [0.15, 0.2) is 18.2 Å². The van der Waals surface area contributed by atoms with Crippen molar-refractivity contribution in [3.63, 3.8) is 0 Å². The van der Waals surface area contributed by atoms with Crippen LogP contribution in [0.4, 0.5) is 5.69 Å². The van der Waals surface area contributed by atoms with E-state index in [0.29, 0.717) is 30.8 Å². The van der Waals surface area contributed by atoms with Gasteiger partial charge in [0.1, 0.15) is 5.75 Å². The van der Waals surface area contributed by atoms with Crippen LogP contribution >= 0.6 is 0 Å². The van der Waals surface area contributed by atoms with E-state index in [9.17, 15) is 18.0 Å². The van der Waals surface area contributed by atoms with Gasteiger partial charge >= 0.3 is 0 Å². The Labute approximate surface area is 160 Å². The Morgan fingerprint density at radius 2 is 2.04 bits per heavy atom.